The molecule has 0 aliphatic rings. The number of thiol groups is 1. The van der Waals surface area contributed by atoms with Crippen LogP contribution in [0.3, 0.4) is 0 Å². The molecule has 0 aromatic heterocycles. The molecule has 1 aromatic rings. The SMILES string of the molecule is O=Cc1ccc(F)c(C=CCCS)c1. The largest absolute Gasteiger partial charge is 0.298 e. The highest BCUT2D eigenvalue weighted by Crippen LogP contribution is 2.11. The van der Waals surface area contributed by atoms with E-state index in [1.807, 2.05) is 6.08 Å². The molecule has 0 aliphatic carbocycles. The second kappa shape index (κ2) is 5.60. The van der Waals surface area contributed by atoms with E-state index < -0.39 is 0 Å². The molecule has 0 radical (unpaired) electrons. The minimum Gasteiger partial charge on any atom is -0.298 e. The maximum absolute atomic E-state index is 13.1. The highest BCUT2D eigenvalue weighted by atomic mass is 32.1. The zero-order valence-corrected chi connectivity index (χ0v) is 8.51. The van der Waals surface area contributed by atoms with Gasteiger partial charge in [-0.2, -0.15) is 12.6 Å². The summed E-state index contributed by atoms with van der Waals surface area (Å²) in [6.45, 7) is 0. The minimum atomic E-state index is -0.314. The predicted molar refractivity (Wildman–Crippen MR) is 59.3 cm³/mol. The van der Waals surface area contributed by atoms with Gasteiger partial charge < -0.3 is 0 Å². The summed E-state index contributed by atoms with van der Waals surface area (Å²) >= 11 is 4.03. The molecular formula is C11H11FOS. The number of aldehydes is 1. The molecule has 0 unspecified atom stereocenters. The van der Waals surface area contributed by atoms with Crippen molar-refractivity contribution in [1.82, 2.24) is 0 Å². The number of allylic oxidation sites excluding steroid dienone is 1. The molecule has 1 nitrogen and oxygen atoms in total. The summed E-state index contributed by atoms with van der Waals surface area (Å²) in [4.78, 5) is 10.4. The molecule has 0 aliphatic heterocycles. The van der Waals surface area contributed by atoms with Crippen molar-refractivity contribution in [3.8, 4) is 0 Å². The Hall–Kier alpha value is -1.09. The molecule has 14 heavy (non-hydrogen) atoms. The minimum absolute atomic E-state index is 0.314. The highest BCUT2D eigenvalue weighted by Gasteiger charge is 1.99. The third-order valence-corrected chi connectivity index (χ3v) is 2.01. The van der Waals surface area contributed by atoms with Crippen LogP contribution in [0.5, 0.6) is 0 Å². The van der Waals surface area contributed by atoms with Crippen LogP contribution in [-0.4, -0.2) is 12.0 Å². The fourth-order valence-electron chi connectivity index (χ4n) is 1.05. The molecule has 0 saturated carbocycles. The van der Waals surface area contributed by atoms with Crippen molar-refractivity contribution in [1.29, 1.82) is 0 Å². The Kier molecular flexibility index (Phi) is 4.40. The van der Waals surface area contributed by atoms with Gasteiger partial charge in [-0.3, -0.25) is 4.79 Å². The van der Waals surface area contributed by atoms with Crippen LogP contribution in [0.25, 0.3) is 6.08 Å². The summed E-state index contributed by atoms with van der Waals surface area (Å²) in [5.41, 5.74) is 0.924. The molecule has 0 fully saturated rings. The van der Waals surface area contributed by atoms with Crippen molar-refractivity contribution in [3.05, 3.63) is 41.2 Å². The van der Waals surface area contributed by atoms with Gasteiger partial charge in [0.05, 0.1) is 0 Å². The van der Waals surface area contributed by atoms with Gasteiger partial charge in [0.25, 0.3) is 0 Å². The van der Waals surface area contributed by atoms with E-state index >= 15 is 0 Å². The molecule has 0 saturated heterocycles. The smallest absolute Gasteiger partial charge is 0.150 e. The lowest BCUT2D eigenvalue weighted by Gasteiger charge is -1.97. The first-order valence-electron chi connectivity index (χ1n) is 4.30. The normalized spacial score (nSPS) is 10.7. The van der Waals surface area contributed by atoms with E-state index in [2.05, 4.69) is 12.6 Å². The van der Waals surface area contributed by atoms with Gasteiger partial charge in [0.1, 0.15) is 12.1 Å². The summed E-state index contributed by atoms with van der Waals surface area (Å²) in [6.07, 6.45) is 4.99. The fourth-order valence-corrected chi connectivity index (χ4v) is 1.20. The summed E-state index contributed by atoms with van der Waals surface area (Å²) in [6, 6.07) is 4.28. The Labute approximate surface area is 88.0 Å². The molecule has 0 atom stereocenters. The van der Waals surface area contributed by atoms with Gasteiger partial charge in [0, 0.05) is 11.1 Å². The van der Waals surface area contributed by atoms with E-state index in [4.69, 9.17) is 0 Å². The average Bonchev–Trinajstić information content (AvgIpc) is 2.21. The van der Waals surface area contributed by atoms with Crippen molar-refractivity contribution in [2.24, 2.45) is 0 Å². The Balaban J connectivity index is 2.89. The van der Waals surface area contributed by atoms with E-state index in [1.165, 1.54) is 18.2 Å². The first kappa shape index (κ1) is 11.0. The zero-order valence-electron chi connectivity index (χ0n) is 7.61. The topological polar surface area (TPSA) is 17.1 Å². The van der Waals surface area contributed by atoms with Crippen LogP contribution in [-0.2, 0) is 0 Å². The van der Waals surface area contributed by atoms with Gasteiger partial charge in [0.2, 0.25) is 0 Å². The highest BCUT2D eigenvalue weighted by molar-refractivity contribution is 7.80. The van der Waals surface area contributed by atoms with E-state index in [0.717, 1.165) is 12.2 Å². The monoisotopic (exact) mass is 210 g/mol. The fraction of sp³-hybridized carbons (Fsp3) is 0.182. The van der Waals surface area contributed by atoms with Crippen molar-refractivity contribution < 1.29 is 9.18 Å². The summed E-state index contributed by atoms with van der Waals surface area (Å²) in [7, 11) is 0. The number of benzene rings is 1. The van der Waals surface area contributed by atoms with Crippen LogP contribution in [0.4, 0.5) is 4.39 Å². The van der Waals surface area contributed by atoms with Crippen molar-refractivity contribution in [2.45, 2.75) is 6.42 Å². The van der Waals surface area contributed by atoms with E-state index in [0.29, 0.717) is 17.4 Å². The van der Waals surface area contributed by atoms with Gasteiger partial charge in [-0.05, 0) is 30.4 Å². The van der Waals surface area contributed by atoms with Crippen LogP contribution in [0, 0.1) is 5.82 Å². The molecule has 3 heteroatoms. The van der Waals surface area contributed by atoms with Gasteiger partial charge >= 0.3 is 0 Å². The second-order valence-corrected chi connectivity index (χ2v) is 3.26. The third-order valence-electron chi connectivity index (χ3n) is 1.75. The number of hydrogen-bond acceptors (Lipinski definition) is 2. The lowest BCUT2D eigenvalue weighted by Crippen LogP contribution is -1.86. The second-order valence-electron chi connectivity index (χ2n) is 2.81. The molecular weight excluding hydrogens is 199 g/mol. The van der Waals surface area contributed by atoms with E-state index in [-0.39, 0.29) is 5.82 Å². The van der Waals surface area contributed by atoms with Crippen molar-refractivity contribution >= 4 is 25.0 Å². The maximum Gasteiger partial charge on any atom is 0.150 e. The number of carbonyl (C=O) groups excluding carboxylic acids is 1. The van der Waals surface area contributed by atoms with Crippen LogP contribution in [0.2, 0.25) is 0 Å². The molecule has 1 aromatic carbocycles. The standard InChI is InChI=1S/C11H11FOS/c12-11-5-4-9(8-13)7-10(11)3-1-2-6-14/h1,3-5,7-8,14H,2,6H2. The Morgan fingerprint density at radius 1 is 1.43 bits per heavy atom. The molecule has 74 valence electrons. The summed E-state index contributed by atoms with van der Waals surface area (Å²) < 4.78 is 13.1. The lowest BCUT2D eigenvalue weighted by molar-refractivity contribution is 0.112. The van der Waals surface area contributed by atoms with Crippen LogP contribution in [0.1, 0.15) is 22.3 Å². The van der Waals surface area contributed by atoms with Crippen molar-refractivity contribution in [3.63, 3.8) is 0 Å². The van der Waals surface area contributed by atoms with E-state index in [9.17, 15) is 9.18 Å². The number of halogens is 1. The van der Waals surface area contributed by atoms with Gasteiger partial charge in [-0.15, -0.1) is 0 Å². The molecule has 0 bridgehead atoms. The number of hydrogen-bond donors (Lipinski definition) is 1. The molecule has 0 amide bonds. The Morgan fingerprint density at radius 2 is 2.21 bits per heavy atom. The molecule has 0 N–H and O–H groups in total. The average molecular weight is 210 g/mol. The van der Waals surface area contributed by atoms with Crippen LogP contribution in [0.15, 0.2) is 24.3 Å². The molecule has 1 rings (SSSR count). The Bertz CT molecular complexity index is 347. The lowest BCUT2D eigenvalue weighted by atomic mass is 10.1. The van der Waals surface area contributed by atoms with Crippen LogP contribution < -0.4 is 0 Å². The molecule has 0 heterocycles. The van der Waals surface area contributed by atoms with E-state index in [1.54, 1.807) is 6.08 Å². The maximum atomic E-state index is 13.1. The first-order chi connectivity index (χ1) is 6.77. The molecule has 0 spiro atoms. The number of rotatable bonds is 4. The Morgan fingerprint density at radius 3 is 2.86 bits per heavy atom. The quantitative estimate of drug-likeness (QED) is 0.597. The summed E-state index contributed by atoms with van der Waals surface area (Å²) in [5, 5.41) is 0. The van der Waals surface area contributed by atoms with Crippen molar-refractivity contribution in [2.75, 3.05) is 5.75 Å². The van der Waals surface area contributed by atoms with Crippen LogP contribution >= 0.6 is 12.6 Å². The third kappa shape index (κ3) is 3.00. The van der Waals surface area contributed by atoms with Gasteiger partial charge in [0.15, 0.2) is 0 Å². The zero-order chi connectivity index (χ0) is 10.4. The predicted octanol–water partition coefficient (Wildman–Crippen LogP) is 2.97. The first-order valence-corrected chi connectivity index (χ1v) is 4.93. The number of carbonyl (C=O) groups is 1. The summed E-state index contributed by atoms with van der Waals surface area (Å²) in [5.74, 6) is 0.414. The van der Waals surface area contributed by atoms with Gasteiger partial charge in [-0.1, -0.05) is 12.2 Å². The van der Waals surface area contributed by atoms with Gasteiger partial charge in [-0.25, -0.2) is 4.39 Å².